The van der Waals surface area contributed by atoms with Crippen LogP contribution in [0.15, 0.2) is 54.9 Å². The Kier molecular flexibility index (Phi) is 4.42. The van der Waals surface area contributed by atoms with Crippen LogP contribution in [0.2, 0.25) is 5.02 Å². The molecule has 4 rings (SSSR count). The molecule has 0 atom stereocenters. The molecule has 0 saturated carbocycles. The van der Waals surface area contributed by atoms with E-state index < -0.39 is 0 Å². The smallest absolute Gasteiger partial charge is 0.262 e. The Morgan fingerprint density at radius 3 is 2.84 bits per heavy atom. The SMILES string of the molecule is O=C(NCCCn1cnc2ccccc21)c1sc2ccccc2c1Cl. The third kappa shape index (κ3) is 3.13. The number of nitrogens with zero attached hydrogens (tertiary/aromatic N) is 2. The van der Waals surface area contributed by atoms with E-state index >= 15 is 0 Å². The molecular weight excluding hydrogens is 354 g/mol. The van der Waals surface area contributed by atoms with Gasteiger partial charge in [-0.15, -0.1) is 11.3 Å². The third-order valence-corrected chi connectivity index (χ3v) is 5.80. The average Bonchev–Trinajstić information content (AvgIpc) is 3.20. The summed E-state index contributed by atoms with van der Waals surface area (Å²) in [5, 5.41) is 4.44. The fourth-order valence-corrected chi connectivity index (χ4v) is 4.31. The Hall–Kier alpha value is -2.37. The van der Waals surface area contributed by atoms with E-state index in [9.17, 15) is 4.79 Å². The number of para-hydroxylation sites is 2. The molecule has 6 heteroatoms. The van der Waals surface area contributed by atoms with Gasteiger partial charge in [-0.1, -0.05) is 41.9 Å². The van der Waals surface area contributed by atoms with Gasteiger partial charge in [-0.2, -0.15) is 0 Å². The summed E-state index contributed by atoms with van der Waals surface area (Å²) >= 11 is 7.78. The lowest BCUT2D eigenvalue weighted by Crippen LogP contribution is -2.24. The number of carbonyl (C=O) groups is 1. The highest BCUT2D eigenvalue weighted by molar-refractivity contribution is 7.21. The number of carbonyl (C=O) groups excluding carboxylic acids is 1. The summed E-state index contributed by atoms with van der Waals surface area (Å²) in [6.07, 6.45) is 2.67. The predicted molar refractivity (Wildman–Crippen MR) is 104 cm³/mol. The molecule has 2 aromatic heterocycles. The molecule has 4 aromatic rings. The first-order valence-corrected chi connectivity index (χ1v) is 9.28. The summed E-state index contributed by atoms with van der Waals surface area (Å²) in [7, 11) is 0. The number of benzene rings is 2. The zero-order chi connectivity index (χ0) is 17.2. The second-order valence-electron chi connectivity index (χ2n) is 5.78. The molecule has 0 aliphatic carbocycles. The van der Waals surface area contributed by atoms with Crippen molar-refractivity contribution in [1.29, 1.82) is 0 Å². The third-order valence-electron chi connectivity index (χ3n) is 4.13. The van der Waals surface area contributed by atoms with Crippen molar-refractivity contribution in [1.82, 2.24) is 14.9 Å². The van der Waals surface area contributed by atoms with Gasteiger partial charge in [0.1, 0.15) is 4.88 Å². The highest BCUT2D eigenvalue weighted by Crippen LogP contribution is 2.34. The van der Waals surface area contributed by atoms with Crippen molar-refractivity contribution in [2.75, 3.05) is 6.54 Å². The van der Waals surface area contributed by atoms with E-state index in [1.54, 1.807) is 0 Å². The normalized spacial score (nSPS) is 11.2. The zero-order valence-electron chi connectivity index (χ0n) is 13.4. The molecule has 1 amide bonds. The molecule has 0 bridgehead atoms. The van der Waals surface area contributed by atoms with E-state index in [1.807, 2.05) is 48.8 Å². The number of amides is 1. The number of halogens is 1. The second kappa shape index (κ2) is 6.86. The van der Waals surface area contributed by atoms with Gasteiger partial charge in [-0.05, 0) is 24.6 Å². The van der Waals surface area contributed by atoms with Gasteiger partial charge in [0.2, 0.25) is 0 Å². The molecule has 0 radical (unpaired) electrons. The van der Waals surface area contributed by atoms with Gasteiger partial charge in [0.05, 0.1) is 22.4 Å². The molecule has 126 valence electrons. The number of hydrogen-bond acceptors (Lipinski definition) is 3. The van der Waals surface area contributed by atoms with E-state index in [4.69, 9.17) is 11.6 Å². The standard InChI is InChI=1S/C19H16ClN3OS/c20-17-13-6-1-4-9-16(13)25-18(17)19(24)21-10-5-11-23-12-22-14-7-2-3-8-15(14)23/h1-4,6-9,12H,5,10-11H2,(H,21,24). The van der Waals surface area contributed by atoms with Crippen LogP contribution in [0, 0.1) is 0 Å². The molecule has 2 heterocycles. The largest absolute Gasteiger partial charge is 0.351 e. The highest BCUT2D eigenvalue weighted by atomic mass is 35.5. The fourth-order valence-electron chi connectivity index (χ4n) is 2.88. The molecule has 1 N–H and O–H groups in total. The van der Waals surface area contributed by atoms with E-state index in [0.29, 0.717) is 16.4 Å². The zero-order valence-corrected chi connectivity index (χ0v) is 15.0. The molecule has 0 spiro atoms. The van der Waals surface area contributed by atoms with E-state index in [1.165, 1.54) is 11.3 Å². The highest BCUT2D eigenvalue weighted by Gasteiger charge is 2.16. The summed E-state index contributed by atoms with van der Waals surface area (Å²) < 4.78 is 3.14. The number of aryl methyl sites for hydroxylation is 1. The second-order valence-corrected chi connectivity index (χ2v) is 7.21. The summed E-state index contributed by atoms with van der Waals surface area (Å²) in [4.78, 5) is 17.4. The van der Waals surface area contributed by atoms with Gasteiger partial charge in [-0.3, -0.25) is 4.79 Å². The summed E-state index contributed by atoms with van der Waals surface area (Å²) in [6.45, 7) is 1.40. The predicted octanol–water partition coefficient (Wildman–Crippen LogP) is 4.72. The van der Waals surface area contributed by atoms with E-state index in [2.05, 4.69) is 20.9 Å². The fraction of sp³-hybridized carbons (Fsp3) is 0.158. The summed E-state index contributed by atoms with van der Waals surface area (Å²) in [6, 6.07) is 15.8. The Morgan fingerprint density at radius 1 is 1.16 bits per heavy atom. The van der Waals surface area contributed by atoms with Gasteiger partial charge in [0.15, 0.2) is 0 Å². The van der Waals surface area contributed by atoms with Crippen LogP contribution in [0.3, 0.4) is 0 Å². The van der Waals surface area contributed by atoms with Crippen LogP contribution < -0.4 is 5.32 Å². The van der Waals surface area contributed by atoms with Crippen LogP contribution in [0.4, 0.5) is 0 Å². The number of hydrogen-bond donors (Lipinski definition) is 1. The molecule has 0 saturated heterocycles. The number of nitrogens with one attached hydrogen (secondary N) is 1. The maximum absolute atomic E-state index is 12.4. The molecular formula is C19H16ClN3OS. The number of aromatic nitrogens is 2. The van der Waals surface area contributed by atoms with Crippen molar-refractivity contribution in [2.45, 2.75) is 13.0 Å². The Morgan fingerprint density at radius 2 is 1.96 bits per heavy atom. The number of thiophene rings is 1. The minimum atomic E-state index is -0.110. The lowest BCUT2D eigenvalue weighted by molar-refractivity contribution is 0.0957. The molecule has 0 aliphatic rings. The number of fused-ring (bicyclic) bond motifs is 2. The van der Waals surface area contributed by atoms with Crippen LogP contribution in [0.1, 0.15) is 16.1 Å². The molecule has 25 heavy (non-hydrogen) atoms. The van der Waals surface area contributed by atoms with Crippen LogP contribution in [0.5, 0.6) is 0 Å². The van der Waals surface area contributed by atoms with Crippen LogP contribution in [-0.4, -0.2) is 22.0 Å². The van der Waals surface area contributed by atoms with Gasteiger partial charge in [0, 0.05) is 23.2 Å². The van der Waals surface area contributed by atoms with Crippen LogP contribution in [0.25, 0.3) is 21.1 Å². The van der Waals surface area contributed by atoms with Gasteiger partial charge >= 0.3 is 0 Å². The van der Waals surface area contributed by atoms with Crippen molar-refractivity contribution in [3.63, 3.8) is 0 Å². The Bertz CT molecular complexity index is 1050. The quantitative estimate of drug-likeness (QED) is 0.517. The summed E-state index contributed by atoms with van der Waals surface area (Å²) in [5.41, 5.74) is 2.10. The number of rotatable bonds is 5. The maximum atomic E-state index is 12.4. The molecule has 0 aliphatic heterocycles. The van der Waals surface area contributed by atoms with Crippen molar-refractivity contribution in [3.05, 3.63) is 64.8 Å². The minimum Gasteiger partial charge on any atom is -0.351 e. The molecule has 0 unspecified atom stereocenters. The Balaban J connectivity index is 1.38. The number of imidazole rings is 1. The Labute approximate surface area is 154 Å². The van der Waals surface area contributed by atoms with Crippen molar-refractivity contribution in [2.24, 2.45) is 0 Å². The minimum absolute atomic E-state index is 0.110. The van der Waals surface area contributed by atoms with E-state index in [0.717, 1.165) is 34.1 Å². The average molecular weight is 370 g/mol. The molecule has 4 nitrogen and oxygen atoms in total. The maximum Gasteiger partial charge on any atom is 0.262 e. The molecule has 0 fully saturated rings. The first-order chi connectivity index (χ1) is 12.2. The van der Waals surface area contributed by atoms with E-state index in [-0.39, 0.29) is 5.91 Å². The monoisotopic (exact) mass is 369 g/mol. The topological polar surface area (TPSA) is 46.9 Å². The van der Waals surface area contributed by atoms with Gasteiger partial charge in [-0.25, -0.2) is 4.98 Å². The lowest BCUT2D eigenvalue weighted by atomic mass is 10.2. The lowest BCUT2D eigenvalue weighted by Gasteiger charge is -2.06. The van der Waals surface area contributed by atoms with Crippen molar-refractivity contribution >= 4 is 50.0 Å². The van der Waals surface area contributed by atoms with Gasteiger partial charge in [0.25, 0.3) is 5.91 Å². The van der Waals surface area contributed by atoms with Crippen molar-refractivity contribution in [3.8, 4) is 0 Å². The first kappa shape index (κ1) is 16.1. The van der Waals surface area contributed by atoms with Gasteiger partial charge < -0.3 is 9.88 Å². The molecule has 2 aromatic carbocycles. The van der Waals surface area contributed by atoms with Crippen LogP contribution >= 0.6 is 22.9 Å². The summed E-state index contributed by atoms with van der Waals surface area (Å²) in [5.74, 6) is -0.110. The van der Waals surface area contributed by atoms with Crippen LogP contribution in [-0.2, 0) is 6.54 Å². The first-order valence-electron chi connectivity index (χ1n) is 8.09. The van der Waals surface area contributed by atoms with Crippen molar-refractivity contribution < 1.29 is 4.79 Å².